The second kappa shape index (κ2) is 43.2. The molecule has 0 amide bonds. The summed E-state index contributed by atoms with van der Waals surface area (Å²) in [6.07, 6.45) is 39.7. The van der Waals surface area contributed by atoms with Crippen LogP contribution in [0, 0.1) is 0 Å². The molecule has 0 saturated heterocycles. The summed E-state index contributed by atoms with van der Waals surface area (Å²) < 4.78 is 0. The Hall–Kier alpha value is -2.24. The van der Waals surface area contributed by atoms with E-state index in [1.54, 1.807) is 0 Å². The quantitative estimate of drug-likeness (QED) is 0.0407. The zero-order valence-corrected chi connectivity index (χ0v) is 34.6. The third-order valence-corrected chi connectivity index (χ3v) is 9.20. The first-order chi connectivity index (χ1) is 24.6. The molecule has 0 aromatic heterocycles. The molecule has 0 aliphatic heterocycles. The van der Waals surface area contributed by atoms with Crippen LogP contribution in [0.2, 0.25) is 0 Å². The Kier molecular flexibility index (Phi) is 44.9. The molecule has 52 heavy (non-hydrogen) atoms. The van der Waals surface area contributed by atoms with E-state index in [0.717, 1.165) is 31.7 Å². The summed E-state index contributed by atoms with van der Waals surface area (Å²) in [7, 11) is 0. The number of carboxylic acids is 3. The van der Waals surface area contributed by atoms with Gasteiger partial charge in [0.1, 0.15) is 0 Å². The fourth-order valence-electron chi connectivity index (χ4n) is 6.00. The molecule has 3 N–H and O–H groups in total. The molecule has 9 heteroatoms. The van der Waals surface area contributed by atoms with E-state index >= 15 is 0 Å². The standard InChI is InChI=1S/2C18H36O2.C7H7NO3.Al/c2*1-2-3-4-5-6-7-8-9-10-11-12-13-14-15-16-17-18(19)20;8-4-1-2-5(7(10)11)6(9)3-4;/h2*2-17H2,1H3,(H,19,20);1-3,9H,8H2,(H,10,11);/q;;;+3/p-3. The van der Waals surface area contributed by atoms with E-state index in [0.29, 0.717) is 0 Å². The van der Waals surface area contributed by atoms with Crippen molar-refractivity contribution in [1.82, 2.24) is 0 Å². The zero-order valence-electron chi connectivity index (χ0n) is 33.4. The molecule has 0 unspecified atom stereocenters. The summed E-state index contributed by atoms with van der Waals surface area (Å²) in [6, 6.07) is 3.66. The van der Waals surface area contributed by atoms with Gasteiger partial charge in [-0.25, -0.2) is 4.79 Å². The molecule has 1 aromatic rings. The Balaban J connectivity index is -0.000000713. The first-order valence-electron chi connectivity index (χ1n) is 20.8. The zero-order chi connectivity index (χ0) is 38.2. The molecule has 0 bridgehead atoms. The van der Waals surface area contributed by atoms with Crippen LogP contribution in [0.1, 0.15) is 230 Å². The van der Waals surface area contributed by atoms with Gasteiger partial charge in [-0.1, -0.05) is 199 Å². The van der Waals surface area contributed by atoms with E-state index in [9.17, 15) is 29.7 Å². The third kappa shape index (κ3) is 43.9. The maximum Gasteiger partial charge on any atom is 3.00 e. The number of rotatable bonds is 33. The maximum atomic E-state index is 10.8. The first-order valence-corrected chi connectivity index (χ1v) is 20.8. The Morgan fingerprint density at radius 2 is 0.750 bits per heavy atom. The summed E-state index contributed by atoms with van der Waals surface area (Å²) in [5.41, 5.74) is 5.26. The van der Waals surface area contributed by atoms with Crippen LogP contribution in [0.3, 0.4) is 0 Å². The van der Waals surface area contributed by atoms with Gasteiger partial charge in [0.2, 0.25) is 0 Å². The van der Waals surface area contributed by atoms with E-state index in [-0.39, 0.29) is 41.5 Å². The van der Waals surface area contributed by atoms with Crippen LogP contribution in [0.25, 0.3) is 0 Å². The summed E-state index contributed by atoms with van der Waals surface area (Å²) in [5.74, 6) is -3.59. The topological polar surface area (TPSA) is 167 Å². The molecule has 0 atom stereocenters. The van der Waals surface area contributed by atoms with Crippen molar-refractivity contribution in [3.8, 4) is 5.75 Å². The van der Waals surface area contributed by atoms with Crippen LogP contribution in [-0.4, -0.2) is 40.4 Å². The van der Waals surface area contributed by atoms with E-state index in [1.807, 2.05) is 0 Å². The number of aromatic carboxylic acids is 1. The summed E-state index contributed by atoms with van der Waals surface area (Å²) in [4.78, 5) is 30.7. The van der Waals surface area contributed by atoms with Crippen LogP contribution < -0.4 is 21.1 Å². The van der Waals surface area contributed by atoms with Crippen molar-refractivity contribution in [2.75, 3.05) is 5.73 Å². The summed E-state index contributed by atoms with van der Waals surface area (Å²) in [6.45, 7) is 4.53. The normalized spacial score (nSPS) is 10.3. The number of anilines is 1. The minimum atomic E-state index is -1.23. The van der Waals surface area contributed by atoms with E-state index < -0.39 is 23.7 Å². The second-order valence-corrected chi connectivity index (χ2v) is 14.2. The number of unbranched alkanes of at least 4 members (excludes halogenated alkanes) is 28. The minimum absolute atomic E-state index is 0. The van der Waals surface area contributed by atoms with Crippen molar-refractivity contribution >= 4 is 41.0 Å². The van der Waals surface area contributed by atoms with Crippen molar-refractivity contribution in [2.45, 2.75) is 219 Å². The Bertz CT molecular complexity index is 900. The number of benzene rings is 1. The molecule has 298 valence electrons. The SMILES string of the molecule is CCCCCCCCCCCCCCCCCC(=O)[O-].CCCCCCCCCCCCCCCCCC(=O)[O-].Nc1ccc(C(=O)O)c([O-])c1.[Al+3]. The first kappa shape index (κ1) is 54.1. The second-order valence-electron chi connectivity index (χ2n) is 14.2. The van der Waals surface area contributed by atoms with Crippen LogP contribution in [-0.2, 0) is 9.59 Å². The van der Waals surface area contributed by atoms with E-state index in [2.05, 4.69) is 13.8 Å². The predicted molar refractivity (Wildman–Crippen MR) is 212 cm³/mol. The van der Waals surface area contributed by atoms with Gasteiger partial charge in [0.25, 0.3) is 0 Å². The largest absolute Gasteiger partial charge is 3.00 e. The molecule has 0 saturated carbocycles. The molecule has 0 fully saturated rings. The van der Waals surface area contributed by atoms with Gasteiger partial charge >= 0.3 is 23.3 Å². The monoisotopic (exact) mass is 746 g/mol. The summed E-state index contributed by atoms with van der Waals surface area (Å²) >= 11 is 0. The smallest absolute Gasteiger partial charge is 0.872 e. The average molecular weight is 746 g/mol. The van der Waals surface area contributed by atoms with Crippen molar-refractivity contribution in [2.24, 2.45) is 0 Å². The number of nitrogens with two attached hydrogens (primary N) is 1. The number of hydrogen-bond acceptors (Lipinski definition) is 7. The van der Waals surface area contributed by atoms with Gasteiger partial charge in [0.05, 0.1) is 5.56 Å². The van der Waals surface area contributed by atoms with Gasteiger partial charge in [-0.15, -0.1) is 0 Å². The fraction of sp³-hybridized carbons (Fsp3) is 0.791. The molecule has 8 nitrogen and oxygen atoms in total. The maximum absolute atomic E-state index is 10.8. The number of carbonyl (C=O) groups is 3. The molecule has 0 spiro atoms. The fourth-order valence-corrected chi connectivity index (χ4v) is 6.00. The molecule has 1 rings (SSSR count). The van der Waals surface area contributed by atoms with Gasteiger partial charge < -0.3 is 35.7 Å². The predicted octanol–water partition coefficient (Wildman–Crippen LogP) is 9.66. The molecule has 0 aliphatic carbocycles. The van der Waals surface area contributed by atoms with Crippen molar-refractivity contribution in [1.29, 1.82) is 0 Å². The third-order valence-electron chi connectivity index (χ3n) is 9.20. The molecule has 1 aromatic carbocycles. The number of nitrogen functional groups attached to an aromatic ring is 1. The molecule has 0 aliphatic rings. The molecule has 0 heterocycles. The Morgan fingerprint density at radius 1 is 0.500 bits per heavy atom. The van der Waals surface area contributed by atoms with Gasteiger partial charge in [-0.2, -0.15) is 0 Å². The van der Waals surface area contributed by atoms with Gasteiger partial charge in [-0.05, 0) is 43.9 Å². The van der Waals surface area contributed by atoms with Crippen molar-refractivity contribution in [3.63, 3.8) is 0 Å². The van der Waals surface area contributed by atoms with E-state index in [1.165, 1.54) is 179 Å². The molecule has 0 radical (unpaired) electrons. The Labute approximate surface area is 329 Å². The number of carbonyl (C=O) groups excluding carboxylic acids is 2. The van der Waals surface area contributed by atoms with Crippen LogP contribution in [0.5, 0.6) is 5.75 Å². The Morgan fingerprint density at radius 3 is 0.962 bits per heavy atom. The van der Waals surface area contributed by atoms with Crippen molar-refractivity contribution in [3.05, 3.63) is 23.8 Å². The molecular formula is C43H76AlNO7. The van der Waals surface area contributed by atoms with Crippen molar-refractivity contribution < 1.29 is 34.8 Å². The van der Waals surface area contributed by atoms with Crippen LogP contribution in [0.15, 0.2) is 18.2 Å². The molecular weight excluding hydrogens is 669 g/mol. The minimum Gasteiger partial charge on any atom is -0.872 e. The van der Waals surface area contributed by atoms with Gasteiger partial charge in [-0.3, -0.25) is 0 Å². The number of aliphatic carboxylic acids is 2. The van der Waals surface area contributed by atoms with Crippen LogP contribution in [0.4, 0.5) is 5.69 Å². The average Bonchev–Trinajstić information content (AvgIpc) is 3.08. The number of carboxylic acid groups (broad SMARTS) is 3. The van der Waals surface area contributed by atoms with Crippen LogP contribution >= 0.6 is 0 Å². The number of hydrogen-bond donors (Lipinski definition) is 2. The van der Waals surface area contributed by atoms with E-state index in [4.69, 9.17) is 10.8 Å². The summed E-state index contributed by atoms with van der Waals surface area (Å²) in [5, 5.41) is 39.7. The van der Waals surface area contributed by atoms with Gasteiger partial charge in [0.15, 0.2) is 0 Å². The van der Waals surface area contributed by atoms with Gasteiger partial charge in [0, 0.05) is 17.6 Å².